The maximum absolute atomic E-state index is 5.84. The Morgan fingerprint density at radius 1 is 1.21 bits per heavy atom. The van der Waals surface area contributed by atoms with Crippen LogP contribution in [0.1, 0.15) is 12.5 Å². The number of hydrogen-bond donors (Lipinski definition) is 1. The topological polar surface area (TPSA) is 35.2 Å². The van der Waals surface area contributed by atoms with E-state index in [-0.39, 0.29) is 6.04 Å². The zero-order chi connectivity index (χ0) is 13.8. The third kappa shape index (κ3) is 4.23. The first-order valence-electron chi connectivity index (χ1n) is 6.02. The van der Waals surface area contributed by atoms with E-state index in [0.29, 0.717) is 5.02 Å². The van der Waals surface area contributed by atoms with Crippen LogP contribution in [-0.2, 0) is 6.42 Å². The average molecular weight is 341 g/mol. The summed E-state index contributed by atoms with van der Waals surface area (Å²) in [5, 5.41) is 0.693. The van der Waals surface area contributed by atoms with Crippen molar-refractivity contribution in [2.45, 2.75) is 19.4 Å². The fourth-order valence-electron chi connectivity index (χ4n) is 1.76. The van der Waals surface area contributed by atoms with Gasteiger partial charge in [0.1, 0.15) is 11.5 Å². The fraction of sp³-hybridized carbons (Fsp3) is 0.200. The van der Waals surface area contributed by atoms with Gasteiger partial charge in [0.05, 0.1) is 4.47 Å². The van der Waals surface area contributed by atoms with Crippen molar-refractivity contribution in [3.8, 4) is 11.5 Å². The lowest BCUT2D eigenvalue weighted by molar-refractivity contribution is 0.479. The molecule has 0 bridgehead atoms. The highest BCUT2D eigenvalue weighted by Gasteiger charge is 2.05. The molecule has 2 aromatic carbocycles. The van der Waals surface area contributed by atoms with Crippen LogP contribution in [-0.4, -0.2) is 6.04 Å². The van der Waals surface area contributed by atoms with Crippen LogP contribution in [0.25, 0.3) is 0 Å². The molecule has 19 heavy (non-hydrogen) atoms. The molecule has 4 heteroatoms. The van der Waals surface area contributed by atoms with Gasteiger partial charge in [-0.1, -0.05) is 17.7 Å². The second-order valence-electron chi connectivity index (χ2n) is 4.50. The second kappa shape index (κ2) is 6.42. The zero-order valence-electron chi connectivity index (χ0n) is 10.6. The van der Waals surface area contributed by atoms with Crippen LogP contribution in [0.3, 0.4) is 0 Å². The van der Waals surface area contributed by atoms with E-state index in [0.717, 1.165) is 22.4 Å². The minimum Gasteiger partial charge on any atom is -0.456 e. The van der Waals surface area contributed by atoms with Crippen molar-refractivity contribution < 1.29 is 4.74 Å². The molecular weight excluding hydrogens is 326 g/mol. The molecule has 2 rings (SSSR count). The van der Waals surface area contributed by atoms with Gasteiger partial charge in [0.25, 0.3) is 0 Å². The molecule has 0 spiro atoms. The van der Waals surface area contributed by atoms with Gasteiger partial charge in [-0.05, 0) is 71.2 Å². The monoisotopic (exact) mass is 339 g/mol. The SMILES string of the molecule is CC(N)Cc1ccc(Oc2ccc(Cl)cc2)c(Br)c1. The Hall–Kier alpha value is -1.03. The molecule has 0 aliphatic heterocycles. The number of nitrogens with two attached hydrogens (primary N) is 1. The first-order chi connectivity index (χ1) is 9.04. The molecule has 2 aromatic rings. The van der Waals surface area contributed by atoms with Gasteiger partial charge >= 0.3 is 0 Å². The molecule has 2 nitrogen and oxygen atoms in total. The van der Waals surface area contributed by atoms with E-state index in [1.54, 1.807) is 12.1 Å². The van der Waals surface area contributed by atoms with E-state index >= 15 is 0 Å². The number of ether oxygens (including phenoxy) is 1. The molecule has 0 aliphatic carbocycles. The normalized spacial score (nSPS) is 12.2. The Labute approximate surface area is 126 Å². The van der Waals surface area contributed by atoms with Crippen molar-refractivity contribution in [1.82, 2.24) is 0 Å². The van der Waals surface area contributed by atoms with Gasteiger partial charge in [0.15, 0.2) is 0 Å². The predicted molar refractivity (Wildman–Crippen MR) is 83.0 cm³/mol. The lowest BCUT2D eigenvalue weighted by atomic mass is 10.1. The molecule has 0 radical (unpaired) electrons. The summed E-state index contributed by atoms with van der Waals surface area (Å²) in [6, 6.07) is 13.4. The molecule has 0 aliphatic rings. The van der Waals surface area contributed by atoms with Crippen LogP contribution in [0.4, 0.5) is 0 Å². The predicted octanol–water partition coefficient (Wildman–Crippen LogP) is 4.78. The molecule has 0 saturated carbocycles. The van der Waals surface area contributed by atoms with Crippen molar-refractivity contribution in [2.24, 2.45) is 5.73 Å². The summed E-state index contributed by atoms with van der Waals surface area (Å²) in [5.74, 6) is 1.53. The Morgan fingerprint density at radius 3 is 2.47 bits per heavy atom. The molecule has 0 fully saturated rings. The Bertz CT molecular complexity index is 555. The summed E-state index contributed by atoms with van der Waals surface area (Å²) < 4.78 is 6.70. The smallest absolute Gasteiger partial charge is 0.141 e. The molecule has 1 unspecified atom stereocenters. The van der Waals surface area contributed by atoms with E-state index in [1.165, 1.54) is 5.56 Å². The summed E-state index contributed by atoms with van der Waals surface area (Å²) in [6.07, 6.45) is 0.847. The zero-order valence-corrected chi connectivity index (χ0v) is 12.9. The standard InChI is InChI=1S/C15H15BrClNO/c1-10(18)8-11-2-7-15(14(16)9-11)19-13-5-3-12(17)4-6-13/h2-7,9-10H,8,18H2,1H3. The second-order valence-corrected chi connectivity index (χ2v) is 5.79. The third-order valence-electron chi connectivity index (χ3n) is 2.60. The van der Waals surface area contributed by atoms with Crippen LogP contribution in [0, 0.1) is 0 Å². The highest BCUT2D eigenvalue weighted by Crippen LogP contribution is 2.31. The minimum absolute atomic E-state index is 0.148. The van der Waals surface area contributed by atoms with Crippen molar-refractivity contribution in [1.29, 1.82) is 0 Å². The minimum atomic E-state index is 0.148. The van der Waals surface area contributed by atoms with Crippen molar-refractivity contribution in [3.63, 3.8) is 0 Å². The molecule has 1 atom stereocenters. The molecule has 2 N–H and O–H groups in total. The molecule has 100 valence electrons. The number of halogens is 2. The summed E-state index contributed by atoms with van der Waals surface area (Å²) in [5.41, 5.74) is 6.98. The average Bonchev–Trinajstić information content (AvgIpc) is 2.34. The van der Waals surface area contributed by atoms with Gasteiger partial charge in [0, 0.05) is 11.1 Å². The van der Waals surface area contributed by atoms with Gasteiger partial charge in [0.2, 0.25) is 0 Å². The molecule has 0 amide bonds. The maximum Gasteiger partial charge on any atom is 0.141 e. The Kier molecular flexibility index (Phi) is 4.86. The lowest BCUT2D eigenvalue weighted by Gasteiger charge is -2.10. The number of hydrogen-bond acceptors (Lipinski definition) is 2. The van der Waals surface area contributed by atoms with Crippen LogP contribution in [0.2, 0.25) is 5.02 Å². The fourth-order valence-corrected chi connectivity index (χ4v) is 2.39. The van der Waals surface area contributed by atoms with Crippen molar-refractivity contribution in [2.75, 3.05) is 0 Å². The third-order valence-corrected chi connectivity index (χ3v) is 3.47. The van der Waals surface area contributed by atoms with Crippen LogP contribution >= 0.6 is 27.5 Å². The highest BCUT2D eigenvalue weighted by molar-refractivity contribution is 9.10. The van der Waals surface area contributed by atoms with Crippen LogP contribution in [0.15, 0.2) is 46.9 Å². The van der Waals surface area contributed by atoms with E-state index < -0.39 is 0 Å². The van der Waals surface area contributed by atoms with Gasteiger partial charge in [-0.3, -0.25) is 0 Å². The van der Waals surface area contributed by atoms with Crippen molar-refractivity contribution >= 4 is 27.5 Å². The number of benzene rings is 2. The molecule has 0 aromatic heterocycles. The summed E-state index contributed by atoms with van der Waals surface area (Å²) in [4.78, 5) is 0. The van der Waals surface area contributed by atoms with Gasteiger partial charge < -0.3 is 10.5 Å². The molecule has 0 saturated heterocycles. The summed E-state index contributed by atoms with van der Waals surface area (Å²) >= 11 is 9.36. The van der Waals surface area contributed by atoms with E-state index in [9.17, 15) is 0 Å². The van der Waals surface area contributed by atoms with Gasteiger partial charge in [-0.2, -0.15) is 0 Å². The Morgan fingerprint density at radius 2 is 1.89 bits per heavy atom. The maximum atomic E-state index is 5.84. The molecular formula is C15H15BrClNO. The highest BCUT2D eigenvalue weighted by atomic mass is 79.9. The van der Waals surface area contributed by atoms with Gasteiger partial charge in [-0.15, -0.1) is 0 Å². The first kappa shape index (κ1) is 14.4. The first-order valence-corrected chi connectivity index (χ1v) is 7.19. The summed E-state index contributed by atoms with van der Waals surface area (Å²) in [7, 11) is 0. The summed E-state index contributed by atoms with van der Waals surface area (Å²) in [6.45, 7) is 1.99. The van der Waals surface area contributed by atoms with E-state index in [4.69, 9.17) is 22.1 Å². The quantitative estimate of drug-likeness (QED) is 0.869. The van der Waals surface area contributed by atoms with E-state index in [1.807, 2.05) is 37.3 Å². The Balaban J connectivity index is 2.15. The van der Waals surface area contributed by atoms with E-state index in [2.05, 4.69) is 15.9 Å². The van der Waals surface area contributed by atoms with Crippen LogP contribution < -0.4 is 10.5 Å². The van der Waals surface area contributed by atoms with Crippen molar-refractivity contribution in [3.05, 3.63) is 57.5 Å². The van der Waals surface area contributed by atoms with Gasteiger partial charge in [-0.25, -0.2) is 0 Å². The van der Waals surface area contributed by atoms with Crippen LogP contribution in [0.5, 0.6) is 11.5 Å². The molecule has 0 heterocycles. The number of rotatable bonds is 4. The largest absolute Gasteiger partial charge is 0.456 e. The lowest BCUT2D eigenvalue weighted by Crippen LogP contribution is -2.17.